The second kappa shape index (κ2) is 6.57. The van der Waals surface area contributed by atoms with E-state index in [1.807, 2.05) is 6.92 Å². The number of nitriles is 1. The van der Waals surface area contributed by atoms with E-state index in [0.717, 1.165) is 18.6 Å². The molecule has 4 heteroatoms. The lowest BCUT2D eigenvalue weighted by Gasteiger charge is -2.52. The molecular formula is C17H24N2O2. The minimum absolute atomic E-state index is 0.0976. The molecule has 0 aromatic heterocycles. The summed E-state index contributed by atoms with van der Waals surface area (Å²) >= 11 is 0. The molecule has 0 spiro atoms. The van der Waals surface area contributed by atoms with E-state index < -0.39 is 6.10 Å². The van der Waals surface area contributed by atoms with Crippen LogP contribution in [0.2, 0.25) is 0 Å². The summed E-state index contributed by atoms with van der Waals surface area (Å²) in [5.41, 5.74) is 1.54. The number of benzene rings is 1. The minimum atomic E-state index is -0.556. The van der Waals surface area contributed by atoms with Gasteiger partial charge in [0.25, 0.3) is 0 Å². The van der Waals surface area contributed by atoms with Gasteiger partial charge in [0.15, 0.2) is 0 Å². The van der Waals surface area contributed by atoms with Crippen LogP contribution in [0.5, 0.6) is 0 Å². The van der Waals surface area contributed by atoms with Crippen molar-refractivity contribution >= 4 is 0 Å². The van der Waals surface area contributed by atoms with Gasteiger partial charge in [-0.1, -0.05) is 26.0 Å². The van der Waals surface area contributed by atoms with Crippen molar-refractivity contribution in [3.05, 3.63) is 35.4 Å². The van der Waals surface area contributed by atoms with E-state index in [-0.39, 0.29) is 5.41 Å². The topological polar surface area (TPSA) is 65.3 Å². The molecule has 1 aromatic carbocycles. The van der Waals surface area contributed by atoms with E-state index in [2.05, 4.69) is 25.2 Å². The molecule has 1 aliphatic carbocycles. The SMILES string of the molecule is CCOC1CC(NCC(O)c2ccc(C#N)cc2)C1(C)C. The maximum absolute atomic E-state index is 10.2. The lowest BCUT2D eigenvalue weighted by Crippen LogP contribution is -2.61. The summed E-state index contributed by atoms with van der Waals surface area (Å²) in [7, 11) is 0. The minimum Gasteiger partial charge on any atom is -0.387 e. The highest BCUT2D eigenvalue weighted by Gasteiger charge is 2.48. The van der Waals surface area contributed by atoms with Crippen molar-refractivity contribution in [3.63, 3.8) is 0 Å². The van der Waals surface area contributed by atoms with E-state index in [0.29, 0.717) is 24.3 Å². The van der Waals surface area contributed by atoms with Crippen molar-refractivity contribution in [2.24, 2.45) is 5.41 Å². The highest BCUT2D eigenvalue weighted by Crippen LogP contribution is 2.42. The van der Waals surface area contributed by atoms with Gasteiger partial charge in [0.1, 0.15) is 0 Å². The van der Waals surface area contributed by atoms with Crippen molar-refractivity contribution in [2.75, 3.05) is 13.2 Å². The van der Waals surface area contributed by atoms with E-state index in [1.165, 1.54) is 0 Å². The van der Waals surface area contributed by atoms with Crippen LogP contribution in [-0.4, -0.2) is 30.4 Å². The first kappa shape index (κ1) is 16.0. The highest BCUT2D eigenvalue weighted by molar-refractivity contribution is 5.32. The average Bonchev–Trinajstić information content (AvgIpc) is 2.50. The van der Waals surface area contributed by atoms with Crippen LogP contribution in [0, 0.1) is 16.7 Å². The van der Waals surface area contributed by atoms with Crippen LogP contribution < -0.4 is 5.32 Å². The van der Waals surface area contributed by atoms with Crippen LogP contribution in [-0.2, 0) is 4.74 Å². The fourth-order valence-electron chi connectivity index (χ4n) is 2.87. The Labute approximate surface area is 126 Å². The molecule has 2 N–H and O–H groups in total. The number of hydrogen-bond donors (Lipinski definition) is 2. The average molecular weight is 288 g/mol. The third-order valence-electron chi connectivity index (χ3n) is 4.53. The quantitative estimate of drug-likeness (QED) is 0.843. The van der Waals surface area contributed by atoms with Crippen molar-refractivity contribution in [1.29, 1.82) is 5.26 Å². The predicted molar refractivity (Wildman–Crippen MR) is 81.7 cm³/mol. The van der Waals surface area contributed by atoms with Gasteiger partial charge >= 0.3 is 0 Å². The van der Waals surface area contributed by atoms with E-state index in [1.54, 1.807) is 24.3 Å². The highest BCUT2D eigenvalue weighted by atomic mass is 16.5. The molecule has 3 atom stereocenters. The molecule has 21 heavy (non-hydrogen) atoms. The van der Waals surface area contributed by atoms with Gasteiger partial charge in [-0.3, -0.25) is 0 Å². The van der Waals surface area contributed by atoms with Gasteiger partial charge in [-0.25, -0.2) is 0 Å². The summed E-state index contributed by atoms with van der Waals surface area (Å²) < 4.78 is 5.71. The summed E-state index contributed by atoms with van der Waals surface area (Å²) in [5.74, 6) is 0. The van der Waals surface area contributed by atoms with Crippen molar-refractivity contribution in [3.8, 4) is 6.07 Å². The van der Waals surface area contributed by atoms with Crippen molar-refractivity contribution in [1.82, 2.24) is 5.32 Å². The molecule has 0 aliphatic heterocycles. The molecule has 0 radical (unpaired) electrons. The summed E-state index contributed by atoms with van der Waals surface area (Å²) in [6.07, 6.45) is 0.729. The van der Waals surface area contributed by atoms with Crippen LogP contribution in [0.25, 0.3) is 0 Å². The van der Waals surface area contributed by atoms with Crippen molar-refractivity contribution < 1.29 is 9.84 Å². The molecular weight excluding hydrogens is 264 g/mol. The smallest absolute Gasteiger partial charge is 0.0991 e. The molecule has 1 aromatic rings. The van der Waals surface area contributed by atoms with Crippen LogP contribution in [0.15, 0.2) is 24.3 Å². The monoisotopic (exact) mass is 288 g/mol. The summed E-state index contributed by atoms with van der Waals surface area (Å²) in [4.78, 5) is 0. The van der Waals surface area contributed by atoms with Gasteiger partial charge < -0.3 is 15.2 Å². The Morgan fingerprint density at radius 2 is 2.10 bits per heavy atom. The number of aliphatic hydroxyl groups is 1. The second-order valence-corrected chi connectivity index (χ2v) is 6.21. The maximum atomic E-state index is 10.2. The summed E-state index contributed by atoms with van der Waals surface area (Å²) in [5, 5.41) is 22.4. The summed E-state index contributed by atoms with van der Waals surface area (Å²) in [6, 6.07) is 9.52. The van der Waals surface area contributed by atoms with E-state index >= 15 is 0 Å². The fraction of sp³-hybridized carbons (Fsp3) is 0.588. The predicted octanol–water partition coefficient (Wildman–Crippen LogP) is 2.38. The van der Waals surface area contributed by atoms with Gasteiger partial charge in [-0.15, -0.1) is 0 Å². The number of aliphatic hydroxyl groups excluding tert-OH is 1. The number of hydrogen-bond acceptors (Lipinski definition) is 4. The van der Waals surface area contributed by atoms with Gasteiger partial charge in [0, 0.05) is 24.6 Å². The molecule has 0 amide bonds. The Morgan fingerprint density at radius 1 is 1.43 bits per heavy atom. The third kappa shape index (κ3) is 3.44. The molecule has 0 heterocycles. The zero-order chi connectivity index (χ0) is 15.5. The van der Waals surface area contributed by atoms with E-state index in [4.69, 9.17) is 10.00 Å². The summed E-state index contributed by atoms with van der Waals surface area (Å²) in [6.45, 7) is 7.67. The van der Waals surface area contributed by atoms with E-state index in [9.17, 15) is 5.11 Å². The molecule has 114 valence electrons. The lowest BCUT2D eigenvalue weighted by molar-refractivity contribution is -0.115. The zero-order valence-electron chi connectivity index (χ0n) is 13.0. The Kier molecular flexibility index (Phi) is 5.00. The fourth-order valence-corrected chi connectivity index (χ4v) is 2.87. The number of nitrogens with zero attached hydrogens (tertiary/aromatic N) is 1. The molecule has 2 rings (SSSR count). The van der Waals surface area contributed by atoms with Crippen LogP contribution in [0.1, 0.15) is 44.4 Å². The Balaban J connectivity index is 1.84. The van der Waals surface area contributed by atoms with Gasteiger partial charge in [-0.05, 0) is 31.0 Å². The molecule has 1 aliphatic rings. The maximum Gasteiger partial charge on any atom is 0.0991 e. The largest absolute Gasteiger partial charge is 0.387 e. The Bertz CT molecular complexity index is 505. The van der Waals surface area contributed by atoms with Gasteiger partial charge in [0.2, 0.25) is 0 Å². The Morgan fingerprint density at radius 3 is 2.62 bits per heavy atom. The lowest BCUT2D eigenvalue weighted by atomic mass is 9.64. The Hall–Kier alpha value is -1.41. The molecule has 3 unspecified atom stereocenters. The molecule has 1 saturated carbocycles. The number of nitrogens with one attached hydrogen (secondary N) is 1. The van der Waals surface area contributed by atoms with Gasteiger partial charge in [-0.2, -0.15) is 5.26 Å². The molecule has 0 bridgehead atoms. The number of ether oxygens (including phenoxy) is 1. The van der Waals surface area contributed by atoms with Crippen LogP contribution >= 0.6 is 0 Å². The van der Waals surface area contributed by atoms with Crippen LogP contribution in [0.4, 0.5) is 0 Å². The molecule has 4 nitrogen and oxygen atoms in total. The first-order chi connectivity index (χ1) is 9.98. The number of rotatable bonds is 6. The molecule has 1 fully saturated rings. The van der Waals surface area contributed by atoms with Crippen molar-refractivity contribution in [2.45, 2.75) is 45.4 Å². The molecule has 0 saturated heterocycles. The van der Waals surface area contributed by atoms with Gasteiger partial charge in [0.05, 0.1) is 23.8 Å². The van der Waals surface area contributed by atoms with Crippen LogP contribution in [0.3, 0.4) is 0 Å². The second-order valence-electron chi connectivity index (χ2n) is 6.21. The zero-order valence-corrected chi connectivity index (χ0v) is 13.0. The standard InChI is InChI=1S/C17H24N2O2/c1-4-21-16-9-15(17(16,2)3)19-11-14(20)13-7-5-12(10-18)6-8-13/h5-8,14-16,19-20H,4,9,11H2,1-3H3. The first-order valence-electron chi connectivity index (χ1n) is 7.52. The third-order valence-corrected chi connectivity index (χ3v) is 4.53. The normalized spacial score (nSPS) is 24.9. The first-order valence-corrected chi connectivity index (χ1v) is 7.52.